The van der Waals surface area contributed by atoms with Gasteiger partial charge in [-0.1, -0.05) is 51.1 Å². The van der Waals surface area contributed by atoms with Gasteiger partial charge in [0.2, 0.25) is 0 Å². The number of rotatable bonds is 5. The summed E-state index contributed by atoms with van der Waals surface area (Å²) in [6, 6.07) is 12.7. The first kappa shape index (κ1) is 22.1. The van der Waals surface area contributed by atoms with Gasteiger partial charge in [-0.05, 0) is 47.1 Å². The van der Waals surface area contributed by atoms with Crippen LogP contribution in [0.2, 0.25) is 0 Å². The van der Waals surface area contributed by atoms with Crippen molar-refractivity contribution in [2.75, 3.05) is 13.7 Å². The molecule has 2 aromatic carbocycles. The Bertz CT molecular complexity index is 1380. The Morgan fingerprint density at radius 3 is 2.82 bits per heavy atom. The van der Waals surface area contributed by atoms with Crippen LogP contribution in [-0.2, 0) is 19.4 Å². The van der Waals surface area contributed by atoms with E-state index in [0.717, 1.165) is 58.1 Å². The van der Waals surface area contributed by atoms with Crippen LogP contribution in [0, 0.1) is 5.41 Å². The molecule has 5 rings (SSSR count). The van der Waals surface area contributed by atoms with Crippen LogP contribution in [0.5, 0.6) is 5.75 Å². The number of aromatic nitrogens is 2. The van der Waals surface area contributed by atoms with Gasteiger partial charge in [0.05, 0.1) is 25.4 Å². The molecule has 0 radical (unpaired) electrons. The van der Waals surface area contributed by atoms with E-state index in [1.165, 1.54) is 10.4 Å². The number of methoxy groups -OCH3 is 1. The van der Waals surface area contributed by atoms with E-state index in [-0.39, 0.29) is 11.0 Å². The minimum Gasteiger partial charge on any atom is -0.496 e. The minimum atomic E-state index is 0.0496. The van der Waals surface area contributed by atoms with Crippen LogP contribution in [0.15, 0.2) is 47.5 Å². The first-order chi connectivity index (χ1) is 15.8. The summed E-state index contributed by atoms with van der Waals surface area (Å²) >= 11 is 1.69. The second kappa shape index (κ2) is 8.58. The lowest BCUT2D eigenvalue weighted by molar-refractivity contribution is 0.338. The molecule has 0 fully saturated rings. The summed E-state index contributed by atoms with van der Waals surface area (Å²) in [7, 11) is 1.68. The molecule has 1 N–H and O–H groups in total. The van der Waals surface area contributed by atoms with Gasteiger partial charge in [-0.3, -0.25) is 9.36 Å². The van der Waals surface area contributed by atoms with Gasteiger partial charge in [-0.15, -0.1) is 11.3 Å². The summed E-state index contributed by atoms with van der Waals surface area (Å²) in [5, 5.41) is 6.77. The van der Waals surface area contributed by atoms with Crippen molar-refractivity contribution in [3.63, 3.8) is 0 Å². The highest BCUT2D eigenvalue weighted by atomic mass is 32.1. The number of fused-ring (bicyclic) bond motifs is 4. The van der Waals surface area contributed by atoms with Crippen molar-refractivity contribution in [3.8, 4) is 5.75 Å². The highest BCUT2D eigenvalue weighted by Crippen LogP contribution is 2.34. The summed E-state index contributed by atoms with van der Waals surface area (Å²) in [4.78, 5) is 20.5. The molecule has 0 amide bonds. The number of ether oxygens (including phenoxy) is 1. The average Bonchev–Trinajstić information content (AvgIpc) is 3.17. The number of aryl methyl sites for hydroxylation is 1. The molecule has 1 aliphatic carbocycles. The van der Waals surface area contributed by atoms with E-state index in [1.807, 2.05) is 18.2 Å². The van der Waals surface area contributed by atoms with Gasteiger partial charge in [0, 0.05) is 23.0 Å². The van der Waals surface area contributed by atoms with Gasteiger partial charge in [0.25, 0.3) is 5.56 Å². The maximum atomic E-state index is 13.6. The Morgan fingerprint density at radius 1 is 1.21 bits per heavy atom. The highest BCUT2D eigenvalue weighted by molar-refractivity contribution is 7.18. The van der Waals surface area contributed by atoms with E-state index in [9.17, 15) is 4.79 Å². The van der Waals surface area contributed by atoms with Gasteiger partial charge in [-0.25, -0.2) is 4.98 Å². The third-order valence-corrected chi connectivity index (χ3v) is 7.67. The third kappa shape index (κ3) is 4.30. The summed E-state index contributed by atoms with van der Waals surface area (Å²) in [6.07, 6.45) is 4.66. The topological polar surface area (TPSA) is 56.2 Å². The van der Waals surface area contributed by atoms with Gasteiger partial charge in [0.1, 0.15) is 10.6 Å². The van der Waals surface area contributed by atoms with E-state index in [2.05, 4.69) is 44.3 Å². The van der Waals surface area contributed by atoms with Crippen molar-refractivity contribution in [2.24, 2.45) is 5.41 Å². The second-order valence-electron chi connectivity index (χ2n) is 10.2. The molecule has 2 heterocycles. The highest BCUT2D eigenvalue weighted by Gasteiger charge is 2.26. The van der Waals surface area contributed by atoms with E-state index >= 15 is 0 Å². The molecular formula is C27H31N3O2S. The molecule has 0 bridgehead atoms. The smallest absolute Gasteiger partial charge is 0.262 e. The van der Waals surface area contributed by atoms with Crippen molar-refractivity contribution in [2.45, 2.75) is 52.6 Å². The maximum Gasteiger partial charge on any atom is 0.262 e. The SMILES string of the molecule is COc1ccc2ccccc2c1Cn1cnc2sc3c(c2c1=O)CCC(NCC(C)(C)C)C3. The number of benzene rings is 2. The van der Waals surface area contributed by atoms with Gasteiger partial charge >= 0.3 is 0 Å². The first-order valence-electron chi connectivity index (χ1n) is 11.6. The van der Waals surface area contributed by atoms with Gasteiger partial charge < -0.3 is 10.1 Å². The molecular weight excluding hydrogens is 430 g/mol. The van der Waals surface area contributed by atoms with Crippen LogP contribution in [-0.4, -0.2) is 29.2 Å². The first-order valence-corrected chi connectivity index (χ1v) is 12.4. The van der Waals surface area contributed by atoms with Crippen molar-refractivity contribution in [3.05, 3.63) is 69.1 Å². The summed E-state index contributed by atoms with van der Waals surface area (Å²) in [6.45, 7) is 8.20. The molecule has 33 heavy (non-hydrogen) atoms. The van der Waals surface area contributed by atoms with Gasteiger partial charge in [0.15, 0.2) is 0 Å². The van der Waals surface area contributed by atoms with Crippen LogP contribution >= 0.6 is 11.3 Å². The van der Waals surface area contributed by atoms with Crippen LogP contribution in [0.4, 0.5) is 0 Å². The zero-order valence-electron chi connectivity index (χ0n) is 19.8. The zero-order chi connectivity index (χ0) is 23.2. The van der Waals surface area contributed by atoms with Gasteiger partial charge in [-0.2, -0.15) is 0 Å². The fourth-order valence-corrected chi connectivity index (χ4v) is 6.04. The van der Waals surface area contributed by atoms with Crippen LogP contribution in [0.25, 0.3) is 21.0 Å². The molecule has 2 aromatic heterocycles. The Kier molecular flexibility index (Phi) is 5.75. The number of nitrogens with one attached hydrogen (secondary N) is 1. The molecule has 1 aliphatic rings. The van der Waals surface area contributed by atoms with Crippen molar-refractivity contribution >= 4 is 32.3 Å². The predicted molar refractivity (Wildman–Crippen MR) is 137 cm³/mol. The Labute approximate surface area is 198 Å². The number of nitrogens with zero attached hydrogens (tertiary/aromatic N) is 2. The normalized spacial score (nSPS) is 16.3. The standard InChI is InChI=1S/C27H31N3O2S/c1-27(2,3)15-28-18-10-11-20-23(13-18)33-25-24(20)26(31)30(16-29-25)14-21-19-8-6-5-7-17(19)9-12-22(21)32-4/h5-9,12,16,18,28H,10-11,13-15H2,1-4H3. The molecule has 172 valence electrons. The second-order valence-corrected chi connectivity index (χ2v) is 11.3. The molecule has 0 saturated heterocycles. The molecule has 0 spiro atoms. The molecule has 1 unspecified atom stereocenters. The molecule has 6 heteroatoms. The number of hydrogen-bond donors (Lipinski definition) is 1. The fraction of sp³-hybridized carbons (Fsp3) is 0.407. The molecule has 0 saturated carbocycles. The minimum absolute atomic E-state index is 0.0496. The summed E-state index contributed by atoms with van der Waals surface area (Å²) in [5.41, 5.74) is 2.53. The average molecular weight is 462 g/mol. The van der Waals surface area contributed by atoms with Crippen LogP contribution in [0.3, 0.4) is 0 Å². The van der Waals surface area contributed by atoms with E-state index < -0.39 is 0 Å². The lowest BCUT2D eigenvalue weighted by Crippen LogP contribution is -2.39. The van der Waals surface area contributed by atoms with Crippen molar-refractivity contribution in [1.29, 1.82) is 0 Å². The number of thiophene rings is 1. The largest absolute Gasteiger partial charge is 0.496 e. The lowest BCUT2D eigenvalue weighted by Gasteiger charge is -2.27. The monoisotopic (exact) mass is 461 g/mol. The maximum absolute atomic E-state index is 13.6. The lowest BCUT2D eigenvalue weighted by atomic mass is 9.91. The third-order valence-electron chi connectivity index (χ3n) is 6.50. The predicted octanol–water partition coefficient (Wildman–Crippen LogP) is 5.16. The van der Waals surface area contributed by atoms with E-state index in [0.29, 0.717) is 12.6 Å². The Hall–Kier alpha value is -2.70. The number of hydrogen-bond acceptors (Lipinski definition) is 5. The van der Waals surface area contributed by atoms with Crippen molar-refractivity contribution < 1.29 is 4.74 Å². The Balaban J connectivity index is 1.50. The van der Waals surface area contributed by atoms with E-state index in [1.54, 1.807) is 29.3 Å². The summed E-state index contributed by atoms with van der Waals surface area (Å²) in [5.74, 6) is 0.792. The molecule has 1 atom stereocenters. The molecule has 0 aliphatic heterocycles. The fourth-order valence-electron chi connectivity index (χ4n) is 4.78. The quantitative estimate of drug-likeness (QED) is 0.446. The van der Waals surface area contributed by atoms with Crippen molar-refractivity contribution in [1.82, 2.24) is 14.9 Å². The molecule has 4 aromatic rings. The Morgan fingerprint density at radius 2 is 2.03 bits per heavy atom. The molecule has 5 nitrogen and oxygen atoms in total. The summed E-state index contributed by atoms with van der Waals surface area (Å²) < 4.78 is 7.39. The van der Waals surface area contributed by atoms with E-state index in [4.69, 9.17) is 9.72 Å². The van der Waals surface area contributed by atoms with Crippen LogP contribution in [0.1, 0.15) is 43.2 Å². The van der Waals surface area contributed by atoms with Crippen LogP contribution < -0.4 is 15.6 Å². The zero-order valence-corrected chi connectivity index (χ0v) is 20.6.